The highest BCUT2D eigenvalue weighted by Crippen LogP contribution is 2.32. The highest BCUT2D eigenvalue weighted by molar-refractivity contribution is 7.98. The van der Waals surface area contributed by atoms with Gasteiger partial charge in [-0.3, -0.25) is 9.55 Å². The van der Waals surface area contributed by atoms with Crippen molar-refractivity contribution in [3.05, 3.63) is 47.2 Å². The number of rotatable bonds is 7. The zero-order valence-corrected chi connectivity index (χ0v) is 19.8. The van der Waals surface area contributed by atoms with Crippen LogP contribution in [-0.2, 0) is 12.3 Å². The van der Waals surface area contributed by atoms with E-state index in [1.165, 1.54) is 6.42 Å². The molecular formula is C23H31N5O2S. The lowest BCUT2D eigenvalue weighted by atomic mass is 9.92. The van der Waals surface area contributed by atoms with Crippen LogP contribution in [0.15, 0.2) is 34.2 Å². The van der Waals surface area contributed by atoms with Crippen molar-refractivity contribution in [3.63, 3.8) is 0 Å². The van der Waals surface area contributed by atoms with E-state index in [-0.39, 0.29) is 0 Å². The standard InChI is InChI=1S/C23H31N5O2S/c1-15-9-16(2)12-27(11-15)22-25-26-23(28(22)13-19-7-6-8-30-19)31-14-20-18(4)21(29-5)17(3)10-24-20/h6-8,10,15-16H,9,11-14H2,1-5H3. The molecule has 0 aliphatic carbocycles. The van der Waals surface area contributed by atoms with E-state index >= 15 is 0 Å². The minimum atomic E-state index is 0.612. The van der Waals surface area contributed by atoms with Crippen LogP contribution in [0.4, 0.5) is 5.95 Å². The molecule has 1 fully saturated rings. The van der Waals surface area contributed by atoms with Gasteiger partial charge in [-0.2, -0.15) is 0 Å². The largest absolute Gasteiger partial charge is 0.496 e. The number of ether oxygens (including phenoxy) is 1. The maximum Gasteiger partial charge on any atom is 0.228 e. The van der Waals surface area contributed by atoms with Crippen LogP contribution in [0.1, 0.15) is 42.8 Å². The van der Waals surface area contributed by atoms with Crippen molar-refractivity contribution < 1.29 is 9.15 Å². The summed E-state index contributed by atoms with van der Waals surface area (Å²) in [6.45, 7) is 11.3. The van der Waals surface area contributed by atoms with E-state index < -0.39 is 0 Å². The highest BCUT2D eigenvalue weighted by atomic mass is 32.2. The minimum Gasteiger partial charge on any atom is -0.496 e. The maximum absolute atomic E-state index is 5.64. The summed E-state index contributed by atoms with van der Waals surface area (Å²) < 4.78 is 13.4. The fourth-order valence-electron chi connectivity index (χ4n) is 4.49. The van der Waals surface area contributed by atoms with Crippen molar-refractivity contribution in [2.45, 2.75) is 51.6 Å². The van der Waals surface area contributed by atoms with Gasteiger partial charge < -0.3 is 14.1 Å². The van der Waals surface area contributed by atoms with Gasteiger partial charge >= 0.3 is 0 Å². The highest BCUT2D eigenvalue weighted by Gasteiger charge is 2.27. The third-order valence-corrected chi connectivity index (χ3v) is 6.81. The number of aryl methyl sites for hydroxylation is 1. The first-order valence-electron chi connectivity index (χ1n) is 10.8. The van der Waals surface area contributed by atoms with Crippen molar-refractivity contribution in [3.8, 4) is 5.75 Å². The Bertz CT molecular complexity index is 1010. The number of anilines is 1. The van der Waals surface area contributed by atoms with E-state index in [4.69, 9.17) is 9.15 Å². The molecule has 2 atom stereocenters. The molecule has 1 saturated heterocycles. The summed E-state index contributed by atoms with van der Waals surface area (Å²) in [7, 11) is 1.71. The number of methoxy groups -OCH3 is 1. The molecule has 3 aromatic heterocycles. The van der Waals surface area contributed by atoms with Crippen LogP contribution in [0, 0.1) is 25.7 Å². The van der Waals surface area contributed by atoms with Gasteiger partial charge in [0.05, 0.1) is 25.6 Å². The molecule has 166 valence electrons. The summed E-state index contributed by atoms with van der Waals surface area (Å²) >= 11 is 1.65. The predicted octanol–water partition coefficient (Wildman–Crippen LogP) is 4.71. The summed E-state index contributed by atoms with van der Waals surface area (Å²) in [6.07, 6.45) is 4.84. The number of aromatic nitrogens is 4. The third kappa shape index (κ3) is 4.74. The number of nitrogens with zero attached hydrogens (tertiary/aromatic N) is 5. The first kappa shape index (κ1) is 21.7. The second-order valence-corrected chi connectivity index (χ2v) is 9.58. The van der Waals surface area contributed by atoms with Crippen LogP contribution in [0.2, 0.25) is 0 Å². The lowest BCUT2D eigenvalue weighted by molar-refractivity contribution is 0.350. The number of furan rings is 1. The minimum absolute atomic E-state index is 0.612. The number of hydrogen-bond acceptors (Lipinski definition) is 7. The molecule has 0 aromatic carbocycles. The zero-order chi connectivity index (χ0) is 22.0. The fourth-order valence-corrected chi connectivity index (χ4v) is 5.45. The zero-order valence-electron chi connectivity index (χ0n) is 19.0. The van der Waals surface area contributed by atoms with Gasteiger partial charge in [0.15, 0.2) is 5.16 Å². The Labute approximate surface area is 188 Å². The number of pyridine rings is 1. The Morgan fingerprint density at radius 1 is 1.19 bits per heavy atom. The van der Waals surface area contributed by atoms with E-state index in [1.807, 2.05) is 25.3 Å². The molecule has 7 nitrogen and oxygen atoms in total. The number of hydrogen-bond donors (Lipinski definition) is 0. The van der Waals surface area contributed by atoms with Gasteiger partial charge in [0, 0.05) is 36.2 Å². The van der Waals surface area contributed by atoms with Gasteiger partial charge in [-0.05, 0) is 44.2 Å². The molecule has 1 aliphatic rings. The number of thioether (sulfide) groups is 1. The molecule has 31 heavy (non-hydrogen) atoms. The fraction of sp³-hybridized carbons (Fsp3) is 0.522. The van der Waals surface area contributed by atoms with Crippen molar-refractivity contribution >= 4 is 17.7 Å². The molecule has 0 amide bonds. The lowest BCUT2D eigenvalue weighted by Crippen LogP contribution is -2.40. The first-order valence-corrected chi connectivity index (χ1v) is 11.8. The molecular weight excluding hydrogens is 410 g/mol. The van der Waals surface area contributed by atoms with Gasteiger partial charge in [0.2, 0.25) is 5.95 Å². The summed E-state index contributed by atoms with van der Waals surface area (Å²) in [5.41, 5.74) is 3.12. The Morgan fingerprint density at radius 2 is 1.97 bits per heavy atom. The van der Waals surface area contributed by atoms with Crippen LogP contribution in [0.5, 0.6) is 5.75 Å². The van der Waals surface area contributed by atoms with Gasteiger partial charge in [-0.1, -0.05) is 25.6 Å². The monoisotopic (exact) mass is 441 g/mol. The topological polar surface area (TPSA) is 69.2 Å². The van der Waals surface area contributed by atoms with E-state index in [2.05, 4.69) is 45.4 Å². The summed E-state index contributed by atoms with van der Waals surface area (Å²) in [4.78, 5) is 7.01. The maximum atomic E-state index is 5.64. The Balaban J connectivity index is 1.61. The van der Waals surface area contributed by atoms with Crippen LogP contribution in [0.25, 0.3) is 0 Å². The SMILES string of the molecule is COc1c(C)cnc(CSc2nnc(N3CC(C)CC(C)C3)n2Cc2ccco2)c1C. The second-order valence-electron chi connectivity index (χ2n) is 8.63. The Kier molecular flexibility index (Phi) is 6.55. The van der Waals surface area contributed by atoms with E-state index in [0.717, 1.165) is 52.5 Å². The molecule has 8 heteroatoms. The van der Waals surface area contributed by atoms with Gasteiger partial charge in [0.25, 0.3) is 0 Å². The average Bonchev–Trinajstić information content (AvgIpc) is 3.38. The Hall–Kier alpha value is -2.48. The summed E-state index contributed by atoms with van der Waals surface area (Å²) in [6, 6.07) is 3.92. The average molecular weight is 442 g/mol. The molecule has 0 saturated carbocycles. The quantitative estimate of drug-likeness (QED) is 0.492. The molecule has 1 aliphatic heterocycles. The molecule has 3 aromatic rings. The summed E-state index contributed by atoms with van der Waals surface area (Å²) in [5.74, 6) is 4.70. The van der Waals surface area contributed by atoms with E-state index in [0.29, 0.717) is 24.1 Å². The van der Waals surface area contributed by atoms with Crippen LogP contribution in [-0.4, -0.2) is 39.9 Å². The summed E-state index contributed by atoms with van der Waals surface area (Å²) in [5, 5.41) is 10.0. The first-order chi connectivity index (χ1) is 15.0. The Morgan fingerprint density at radius 3 is 2.65 bits per heavy atom. The molecule has 0 radical (unpaired) electrons. The normalized spacial score (nSPS) is 19.1. The van der Waals surface area contributed by atoms with E-state index in [9.17, 15) is 0 Å². The van der Waals surface area contributed by atoms with Crippen molar-refractivity contribution in [2.24, 2.45) is 11.8 Å². The molecule has 4 heterocycles. The molecule has 0 N–H and O–H groups in total. The molecule has 2 unspecified atom stereocenters. The lowest BCUT2D eigenvalue weighted by Gasteiger charge is -2.35. The van der Waals surface area contributed by atoms with Crippen LogP contribution in [0.3, 0.4) is 0 Å². The predicted molar refractivity (Wildman–Crippen MR) is 123 cm³/mol. The van der Waals surface area contributed by atoms with Crippen LogP contribution < -0.4 is 9.64 Å². The van der Waals surface area contributed by atoms with Crippen LogP contribution >= 0.6 is 11.8 Å². The van der Waals surface area contributed by atoms with E-state index in [1.54, 1.807) is 25.1 Å². The smallest absolute Gasteiger partial charge is 0.228 e. The van der Waals surface area contributed by atoms with Crippen molar-refractivity contribution in [1.82, 2.24) is 19.7 Å². The van der Waals surface area contributed by atoms with Crippen molar-refractivity contribution in [2.75, 3.05) is 25.1 Å². The number of piperidine rings is 1. The molecule has 4 rings (SSSR count). The van der Waals surface area contributed by atoms with Crippen molar-refractivity contribution in [1.29, 1.82) is 0 Å². The van der Waals surface area contributed by atoms with Gasteiger partial charge in [-0.25, -0.2) is 0 Å². The second kappa shape index (κ2) is 9.34. The van der Waals surface area contributed by atoms with Gasteiger partial charge in [0.1, 0.15) is 11.5 Å². The molecule has 0 bridgehead atoms. The van der Waals surface area contributed by atoms with Gasteiger partial charge in [-0.15, -0.1) is 10.2 Å². The third-order valence-electron chi connectivity index (χ3n) is 5.83. The molecule has 0 spiro atoms.